The monoisotopic (exact) mass is 606 g/mol. The molecule has 1 aromatic heterocycles. The minimum absolute atomic E-state index is 0.00586. The molecule has 0 fully saturated rings. The molecule has 0 aliphatic rings. The first kappa shape index (κ1) is 31.3. The van der Waals surface area contributed by atoms with Crippen molar-refractivity contribution in [1.29, 1.82) is 5.26 Å². The summed E-state index contributed by atoms with van der Waals surface area (Å²) in [5.41, 5.74) is 2.90. The number of nitriles is 1. The largest absolute Gasteiger partial charge is 0.457 e. The molecule has 0 spiro atoms. The van der Waals surface area contributed by atoms with E-state index in [2.05, 4.69) is 26.8 Å². The van der Waals surface area contributed by atoms with Crippen LogP contribution in [0.25, 0.3) is 22.4 Å². The predicted octanol–water partition coefficient (Wildman–Crippen LogP) is 9.83. The van der Waals surface area contributed by atoms with Crippen LogP contribution in [0.2, 0.25) is 0 Å². The van der Waals surface area contributed by atoms with E-state index in [1.807, 2.05) is 74.5 Å². The quantitative estimate of drug-likeness (QED) is 0.193. The van der Waals surface area contributed by atoms with E-state index in [-0.39, 0.29) is 17.7 Å². The Kier molecular flexibility index (Phi) is 8.44. The number of halogens is 3. The van der Waals surface area contributed by atoms with Crippen molar-refractivity contribution < 1.29 is 17.9 Å². The Bertz CT molecular complexity index is 1960. The molecule has 4 aromatic carbocycles. The van der Waals surface area contributed by atoms with Crippen molar-refractivity contribution >= 4 is 0 Å². The van der Waals surface area contributed by atoms with Crippen molar-refractivity contribution in [2.45, 2.75) is 52.8 Å². The zero-order valence-corrected chi connectivity index (χ0v) is 25.8. The van der Waals surface area contributed by atoms with Gasteiger partial charge < -0.3 is 9.30 Å². The van der Waals surface area contributed by atoms with Crippen molar-refractivity contribution in [3.63, 3.8) is 0 Å². The van der Waals surface area contributed by atoms with Crippen LogP contribution in [-0.4, -0.2) is 4.57 Å². The Balaban J connectivity index is 1.58. The number of aryl methyl sites for hydroxylation is 2. The van der Waals surface area contributed by atoms with Gasteiger partial charge in [0, 0.05) is 5.56 Å². The van der Waals surface area contributed by atoms with Gasteiger partial charge >= 0.3 is 6.18 Å². The standard InChI is InChI=1S/C38H33F3N2O2/c1-24-11-12-28(25(2)19-24)23-43-34(21-33(38(39,40)41)32(22-42)36(43)44)27-13-16-30(17-14-27)45-35-18-15-29(37(3,4)5)20-31(35)26-9-7-6-8-10-26/h6-21H,23H2,1-5H3. The van der Waals surface area contributed by atoms with Crippen LogP contribution in [0.15, 0.2) is 102 Å². The molecule has 0 saturated heterocycles. The number of hydrogen-bond acceptors (Lipinski definition) is 3. The highest BCUT2D eigenvalue weighted by atomic mass is 19.4. The highest BCUT2D eigenvalue weighted by Crippen LogP contribution is 2.38. The summed E-state index contributed by atoms with van der Waals surface area (Å²) in [6.45, 7) is 10.3. The van der Waals surface area contributed by atoms with Gasteiger partial charge in [0.15, 0.2) is 0 Å². The molecule has 228 valence electrons. The maximum Gasteiger partial charge on any atom is 0.417 e. The van der Waals surface area contributed by atoms with Crippen molar-refractivity contribution in [2.24, 2.45) is 0 Å². The lowest BCUT2D eigenvalue weighted by molar-refractivity contribution is -0.137. The van der Waals surface area contributed by atoms with Crippen molar-refractivity contribution in [2.75, 3.05) is 0 Å². The van der Waals surface area contributed by atoms with Crippen LogP contribution >= 0.6 is 0 Å². The van der Waals surface area contributed by atoms with E-state index in [0.29, 0.717) is 17.1 Å². The minimum atomic E-state index is -4.88. The van der Waals surface area contributed by atoms with E-state index < -0.39 is 22.9 Å². The molecule has 0 bridgehead atoms. The van der Waals surface area contributed by atoms with Crippen LogP contribution in [-0.2, 0) is 18.1 Å². The number of benzene rings is 4. The third-order valence-electron chi connectivity index (χ3n) is 7.85. The summed E-state index contributed by atoms with van der Waals surface area (Å²) < 4.78 is 49.7. The third-order valence-corrected chi connectivity index (χ3v) is 7.85. The molecule has 45 heavy (non-hydrogen) atoms. The second kappa shape index (κ2) is 12.1. The summed E-state index contributed by atoms with van der Waals surface area (Å²) in [6.07, 6.45) is -4.88. The molecule has 0 unspecified atom stereocenters. The second-order valence-corrected chi connectivity index (χ2v) is 12.2. The number of hydrogen-bond donors (Lipinski definition) is 0. The molecule has 0 atom stereocenters. The maximum atomic E-state index is 14.0. The molecule has 0 N–H and O–H groups in total. The Morgan fingerprint density at radius 2 is 1.51 bits per heavy atom. The molecule has 0 aliphatic carbocycles. The number of aromatic nitrogens is 1. The second-order valence-electron chi connectivity index (χ2n) is 12.2. The van der Waals surface area contributed by atoms with Gasteiger partial charge in [-0.1, -0.05) is 80.9 Å². The van der Waals surface area contributed by atoms with Crippen molar-refractivity contribution in [1.82, 2.24) is 4.57 Å². The molecule has 1 heterocycles. The van der Waals surface area contributed by atoms with Crippen LogP contribution in [0.3, 0.4) is 0 Å². The van der Waals surface area contributed by atoms with Gasteiger partial charge in [-0.3, -0.25) is 4.79 Å². The number of ether oxygens (including phenoxy) is 1. The average molecular weight is 607 g/mol. The smallest absolute Gasteiger partial charge is 0.417 e. The van der Waals surface area contributed by atoms with E-state index in [1.165, 1.54) is 10.6 Å². The van der Waals surface area contributed by atoms with Crippen molar-refractivity contribution in [3.8, 4) is 40.0 Å². The fourth-order valence-corrected chi connectivity index (χ4v) is 5.32. The van der Waals surface area contributed by atoms with Crippen LogP contribution in [0.4, 0.5) is 13.2 Å². The van der Waals surface area contributed by atoms with Gasteiger partial charge in [-0.05, 0) is 89.5 Å². The molecular formula is C38H33F3N2O2. The highest BCUT2D eigenvalue weighted by molar-refractivity contribution is 5.72. The van der Waals surface area contributed by atoms with Gasteiger partial charge in [0.05, 0.1) is 17.8 Å². The summed E-state index contributed by atoms with van der Waals surface area (Å²) in [4.78, 5) is 13.4. The maximum absolute atomic E-state index is 14.0. The van der Waals surface area contributed by atoms with E-state index in [0.717, 1.165) is 39.4 Å². The molecular weight excluding hydrogens is 573 g/mol. The first-order chi connectivity index (χ1) is 21.3. The van der Waals surface area contributed by atoms with Crippen LogP contribution in [0, 0.1) is 25.2 Å². The third kappa shape index (κ3) is 6.71. The summed E-state index contributed by atoms with van der Waals surface area (Å²) in [5.74, 6) is 1.11. The zero-order valence-electron chi connectivity index (χ0n) is 25.8. The topological polar surface area (TPSA) is 55.0 Å². The average Bonchev–Trinajstić information content (AvgIpc) is 2.99. The van der Waals surface area contributed by atoms with Gasteiger partial charge in [-0.15, -0.1) is 0 Å². The predicted molar refractivity (Wildman–Crippen MR) is 172 cm³/mol. The SMILES string of the molecule is Cc1ccc(Cn2c(-c3ccc(Oc4ccc(C(C)(C)C)cc4-c4ccccc4)cc3)cc(C(F)(F)F)c(C#N)c2=O)c(C)c1. The van der Waals surface area contributed by atoms with Crippen molar-refractivity contribution in [3.05, 3.63) is 141 Å². The number of rotatable bonds is 6. The highest BCUT2D eigenvalue weighted by Gasteiger charge is 2.36. The first-order valence-corrected chi connectivity index (χ1v) is 14.6. The lowest BCUT2D eigenvalue weighted by atomic mass is 9.85. The van der Waals surface area contributed by atoms with Gasteiger partial charge in [0.25, 0.3) is 5.56 Å². The molecule has 0 amide bonds. The minimum Gasteiger partial charge on any atom is -0.457 e. The van der Waals surface area contributed by atoms with Crippen LogP contribution in [0.1, 0.15) is 54.2 Å². The van der Waals surface area contributed by atoms with E-state index >= 15 is 0 Å². The summed E-state index contributed by atoms with van der Waals surface area (Å²) in [7, 11) is 0. The summed E-state index contributed by atoms with van der Waals surface area (Å²) >= 11 is 0. The number of nitrogens with zero attached hydrogens (tertiary/aromatic N) is 2. The molecule has 0 radical (unpaired) electrons. The Labute approximate surface area is 261 Å². The molecule has 4 nitrogen and oxygen atoms in total. The number of pyridine rings is 1. The van der Waals surface area contributed by atoms with E-state index in [4.69, 9.17) is 4.74 Å². The zero-order chi connectivity index (χ0) is 32.5. The molecule has 5 rings (SSSR count). The van der Waals surface area contributed by atoms with Gasteiger partial charge in [-0.25, -0.2) is 0 Å². The fourth-order valence-electron chi connectivity index (χ4n) is 5.32. The van der Waals surface area contributed by atoms with Crippen LogP contribution < -0.4 is 10.3 Å². The summed E-state index contributed by atoms with van der Waals surface area (Å²) in [5, 5.41) is 9.57. The van der Waals surface area contributed by atoms with E-state index in [9.17, 15) is 23.2 Å². The number of alkyl halides is 3. The first-order valence-electron chi connectivity index (χ1n) is 14.6. The lowest BCUT2D eigenvalue weighted by Gasteiger charge is -2.22. The fraction of sp³-hybridized carbons (Fsp3) is 0.211. The molecule has 5 aromatic rings. The Morgan fingerprint density at radius 3 is 2.11 bits per heavy atom. The molecule has 7 heteroatoms. The normalized spacial score (nSPS) is 11.7. The Hall–Kier alpha value is -5.09. The van der Waals surface area contributed by atoms with Gasteiger partial charge in [-0.2, -0.15) is 18.4 Å². The molecule has 0 aliphatic heterocycles. The molecule has 0 saturated carbocycles. The lowest BCUT2D eigenvalue weighted by Crippen LogP contribution is -2.29. The Morgan fingerprint density at radius 1 is 0.822 bits per heavy atom. The van der Waals surface area contributed by atoms with E-state index in [1.54, 1.807) is 24.3 Å². The van der Waals surface area contributed by atoms with Gasteiger partial charge in [0.2, 0.25) is 0 Å². The van der Waals surface area contributed by atoms with Gasteiger partial charge in [0.1, 0.15) is 23.1 Å². The van der Waals surface area contributed by atoms with Crippen LogP contribution in [0.5, 0.6) is 11.5 Å². The summed E-state index contributed by atoms with van der Waals surface area (Å²) in [6, 6.07) is 30.6.